The molecule has 11 heteroatoms. The number of hydrogen-bond acceptors (Lipinski definition) is 7. The van der Waals surface area contributed by atoms with E-state index in [1.165, 1.54) is 10.4 Å². The van der Waals surface area contributed by atoms with Crippen LogP contribution in [0.3, 0.4) is 0 Å². The van der Waals surface area contributed by atoms with Crippen LogP contribution in [0.5, 0.6) is 0 Å². The fourth-order valence-corrected chi connectivity index (χ4v) is 7.39. The zero-order valence-corrected chi connectivity index (χ0v) is 20.3. The third-order valence-electron chi connectivity index (χ3n) is 6.26. The molecule has 2 aromatic rings. The molecule has 33 heavy (non-hydrogen) atoms. The van der Waals surface area contributed by atoms with Crippen molar-refractivity contribution < 1.29 is 31.2 Å². The maximum Gasteiger partial charge on any atom is 0.338 e. The van der Waals surface area contributed by atoms with E-state index in [9.17, 15) is 26.4 Å². The molecule has 4 rings (SSSR count). The molecule has 0 radical (unpaired) electrons. The molecule has 0 bridgehead atoms. The van der Waals surface area contributed by atoms with Gasteiger partial charge in [-0.3, -0.25) is 9.10 Å². The van der Waals surface area contributed by atoms with Gasteiger partial charge < -0.3 is 9.30 Å². The first-order valence-electron chi connectivity index (χ1n) is 10.6. The monoisotopic (exact) mass is 494 g/mol. The van der Waals surface area contributed by atoms with Crippen molar-refractivity contribution in [2.75, 3.05) is 35.2 Å². The first-order valence-corrected chi connectivity index (χ1v) is 14.2. The number of carbonyl (C=O) groups is 2. The normalized spacial score (nSPS) is 19.5. The SMILES string of the molecule is Cc1cc(C(=O)COC(=O)c2ccc3c(c2)CCN3S(C)(=O)=O)c(C)n1C1CCS(=O)(=O)C1. The molecule has 1 aromatic carbocycles. The number of aryl methyl sites for hydroxylation is 1. The van der Waals surface area contributed by atoms with Crippen LogP contribution in [0.25, 0.3) is 0 Å². The molecule has 0 saturated carbocycles. The number of rotatable bonds is 6. The minimum atomic E-state index is -3.38. The number of esters is 1. The molecule has 0 spiro atoms. The number of sulfone groups is 1. The van der Waals surface area contributed by atoms with Crippen LogP contribution >= 0.6 is 0 Å². The van der Waals surface area contributed by atoms with Crippen molar-refractivity contribution in [1.82, 2.24) is 4.57 Å². The number of hydrogen-bond donors (Lipinski definition) is 0. The summed E-state index contributed by atoms with van der Waals surface area (Å²) in [4.78, 5) is 25.3. The minimum absolute atomic E-state index is 0.0566. The molecule has 178 valence electrons. The predicted molar refractivity (Wildman–Crippen MR) is 123 cm³/mol. The largest absolute Gasteiger partial charge is 0.454 e. The third-order valence-corrected chi connectivity index (χ3v) is 9.19. The highest BCUT2D eigenvalue weighted by Gasteiger charge is 2.32. The second kappa shape index (κ2) is 8.28. The van der Waals surface area contributed by atoms with E-state index in [-0.39, 0.29) is 28.9 Å². The lowest BCUT2D eigenvalue weighted by atomic mass is 10.1. The van der Waals surface area contributed by atoms with Crippen LogP contribution in [0.2, 0.25) is 0 Å². The van der Waals surface area contributed by atoms with Crippen molar-refractivity contribution in [3.63, 3.8) is 0 Å². The average molecular weight is 495 g/mol. The summed E-state index contributed by atoms with van der Waals surface area (Å²) in [5, 5.41) is 0. The Kier molecular flexibility index (Phi) is 5.90. The second-order valence-electron chi connectivity index (χ2n) is 8.64. The molecule has 2 aliphatic rings. The lowest BCUT2D eigenvalue weighted by Gasteiger charge is -2.16. The molecule has 0 amide bonds. The standard InChI is InChI=1S/C22H26N2O7S2/c1-14-10-19(15(2)24(14)18-7-9-33(29,30)13-18)21(25)12-31-22(26)17-4-5-20-16(11-17)6-8-23(20)32(3,27)28/h4-5,10-11,18H,6-9,12-13H2,1-3H3. The fourth-order valence-electron chi connectivity index (χ4n) is 4.74. The number of ether oxygens (including phenoxy) is 1. The van der Waals surface area contributed by atoms with E-state index in [0.717, 1.165) is 17.5 Å². The van der Waals surface area contributed by atoms with E-state index in [0.29, 0.717) is 36.3 Å². The Morgan fingerprint density at radius 3 is 2.55 bits per heavy atom. The molecule has 1 unspecified atom stereocenters. The first-order chi connectivity index (χ1) is 15.4. The number of carbonyl (C=O) groups excluding carboxylic acids is 2. The summed E-state index contributed by atoms with van der Waals surface area (Å²) < 4.78 is 55.9. The molecule has 1 fully saturated rings. The number of Topliss-reactive ketones (excluding diaryl/α,β-unsaturated/α-hetero) is 1. The Bertz CT molecular complexity index is 1360. The molecule has 0 aliphatic carbocycles. The Balaban J connectivity index is 1.45. The van der Waals surface area contributed by atoms with Crippen LogP contribution in [-0.4, -0.2) is 64.1 Å². The van der Waals surface area contributed by atoms with Gasteiger partial charge in [-0.25, -0.2) is 21.6 Å². The zero-order valence-electron chi connectivity index (χ0n) is 18.7. The maximum absolute atomic E-state index is 12.8. The summed E-state index contributed by atoms with van der Waals surface area (Å²) in [5.41, 5.74) is 3.39. The van der Waals surface area contributed by atoms with E-state index in [1.807, 2.05) is 11.5 Å². The number of nitrogens with zero attached hydrogens (tertiary/aromatic N) is 2. The van der Waals surface area contributed by atoms with Gasteiger partial charge in [0.05, 0.1) is 29.0 Å². The number of aromatic nitrogens is 1. The summed E-state index contributed by atoms with van der Waals surface area (Å²) in [6, 6.07) is 6.16. The first kappa shape index (κ1) is 23.5. The van der Waals surface area contributed by atoms with Gasteiger partial charge in [0.2, 0.25) is 15.8 Å². The lowest BCUT2D eigenvalue weighted by Crippen LogP contribution is -2.27. The Hall–Kier alpha value is -2.66. The summed E-state index contributed by atoms with van der Waals surface area (Å²) in [7, 11) is -6.45. The zero-order chi connectivity index (χ0) is 24.1. The second-order valence-corrected chi connectivity index (χ2v) is 12.8. The van der Waals surface area contributed by atoms with Crippen molar-refractivity contribution in [2.45, 2.75) is 32.7 Å². The van der Waals surface area contributed by atoms with Gasteiger partial charge >= 0.3 is 5.97 Å². The summed E-state index contributed by atoms with van der Waals surface area (Å²) >= 11 is 0. The van der Waals surface area contributed by atoms with Crippen LogP contribution in [0.1, 0.15) is 50.1 Å². The van der Waals surface area contributed by atoms with Gasteiger partial charge in [0.1, 0.15) is 0 Å². The summed E-state index contributed by atoms with van der Waals surface area (Å²) in [5.74, 6) is -0.841. The molecular formula is C22H26N2O7S2. The third kappa shape index (κ3) is 4.56. The topological polar surface area (TPSA) is 120 Å². The molecule has 0 N–H and O–H groups in total. The Morgan fingerprint density at radius 2 is 1.91 bits per heavy atom. The van der Waals surface area contributed by atoms with Gasteiger partial charge in [0.25, 0.3) is 0 Å². The minimum Gasteiger partial charge on any atom is -0.454 e. The van der Waals surface area contributed by atoms with Crippen molar-refractivity contribution >= 4 is 37.3 Å². The molecule has 1 aromatic heterocycles. The predicted octanol–water partition coefficient (Wildman–Crippen LogP) is 1.83. The van der Waals surface area contributed by atoms with E-state index >= 15 is 0 Å². The lowest BCUT2D eigenvalue weighted by molar-refractivity contribution is 0.0474. The van der Waals surface area contributed by atoms with Crippen molar-refractivity contribution in [1.29, 1.82) is 0 Å². The van der Waals surface area contributed by atoms with Gasteiger partial charge in [-0.05, 0) is 56.5 Å². The van der Waals surface area contributed by atoms with Crippen LogP contribution in [0, 0.1) is 13.8 Å². The van der Waals surface area contributed by atoms with E-state index in [4.69, 9.17) is 4.74 Å². The Labute approximate surface area is 193 Å². The van der Waals surface area contributed by atoms with Gasteiger partial charge in [0, 0.05) is 29.5 Å². The van der Waals surface area contributed by atoms with E-state index < -0.39 is 32.4 Å². The van der Waals surface area contributed by atoms with Crippen molar-refractivity contribution in [3.8, 4) is 0 Å². The highest BCUT2D eigenvalue weighted by Crippen LogP contribution is 2.31. The molecule has 1 atom stereocenters. The van der Waals surface area contributed by atoms with Crippen LogP contribution in [0.4, 0.5) is 5.69 Å². The highest BCUT2D eigenvalue weighted by molar-refractivity contribution is 7.92. The van der Waals surface area contributed by atoms with Crippen molar-refractivity contribution in [3.05, 3.63) is 52.3 Å². The van der Waals surface area contributed by atoms with Gasteiger partial charge in [-0.1, -0.05) is 0 Å². The smallest absolute Gasteiger partial charge is 0.338 e. The van der Waals surface area contributed by atoms with Gasteiger partial charge in [-0.15, -0.1) is 0 Å². The molecular weight excluding hydrogens is 468 g/mol. The number of benzene rings is 1. The highest BCUT2D eigenvalue weighted by atomic mass is 32.2. The number of fused-ring (bicyclic) bond motifs is 1. The number of anilines is 1. The molecule has 1 saturated heterocycles. The number of ketones is 1. The van der Waals surface area contributed by atoms with E-state index in [2.05, 4.69) is 0 Å². The Morgan fingerprint density at radius 1 is 1.18 bits per heavy atom. The maximum atomic E-state index is 12.8. The van der Waals surface area contributed by atoms with Crippen LogP contribution in [-0.2, 0) is 31.0 Å². The quantitative estimate of drug-likeness (QED) is 0.444. The summed E-state index contributed by atoms with van der Waals surface area (Å²) in [6.07, 6.45) is 2.14. The van der Waals surface area contributed by atoms with Crippen LogP contribution < -0.4 is 4.31 Å². The molecule has 2 aliphatic heterocycles. The van der Waals surface area contributed by atoms with Crippen LogP contribution in [0.15, 0.2) is 24.3 Å². The van der Waals surface area contributed by atoms with E-state index in [1.54, 1.807) is 25.1 Å². The molecule has 3 heterocycles. The van der Waals surface area contributed by atoms with Gasteiger partial charge in [0.15, 0.2) is 16.4 Å². The fraction of sp³-hybridized carbons (Fsp3) is 0.455. The molecule has 9 nitrogen and oxygen atoms in total. The van der Waals surface area contributed by atoms with Gasteiger partial charge in [-0.2, -0.15) is 0 Å². The van der Waals surface area contributed by atoms with Crippen molar-refractivity contribution in [2.24, 2.45) is 0 Å². The average Bonchev–Trinajstić information content (AvgIpc) is 3.39. The summed E-state index contributed by atoms with van der Waals surface area (Å²) in [6.45, 7) is 3.47. The number of sulfonamides is 1.